The molecule has 0 heterocycles. The number of halogens is 3. The van der Waals surface area contributed by atoms with E-state index in [1.54, 1.807) is 0 Å². The number of hydrogen-bond acceptors (Lipinski definition) is 2. The molecule has 0 unspecified atom stereocenters. The van der Waals surface area contributed by atoms with E-state index in [2.05, 4.69) is 5.18 Å². The fourth-order valence-electron chi connectivity index (χ4n) is 1.48. The normalized spacial score (nSPS) is 13.5. The van der Waals surface area contributed by atoms with Gasteiger partial charge in [-0.25, -0.2) is 0 Å². The van der Waals surface area contributed by atoms with E-state index < -0.39 is 17.8 Å². The minimum absolute atomic E-state index is 0.326. The number of nitroso groups, excluding NO2 is 1. The van der Waals surface area contributed by atoms with Crippen LogP contribution < -0.4 is 0 Å². The third-order valence-corrected chi connectivity index (χ3v) is 2.29. The van der Waals surface area contributed by atoms with Crippen LogP contribution in [0, 0.1) is 4.91 Å². The van der Waals surface area contributed by atoms with Gasteiger partial charge in [0.25, 0.3) is 0 Å². The van der Waals surface area contributed by atoms with Crippen molar-refractivity contribution in [3.63, 3.8) is 0 Å². The van der Waals surface area contributed by atoms with Gasteiger partial charge in [0.1, 0.15) is 6.04 Å². The Balaban J connectivity index is 3.01. The van der Waals surface area contributed by atoms with Crippen molar-refractivity contribution in [2.45, 2.75) is 32.0 Å². The average Bonchev–Trinajstić information content (AvgIpc) is 2.25. The molecule has 0 saturated carbocycles. The summed E-state index contributed by atoms with van der Waals surface area (Å²) in [6.07, 6.45) is -3.22. The van der Waals surface area contributed by atoms with Crippen LogP contribution in [0.25, 0.3) is 0 Å². The first-order valence-electron chi connectivity index (χ1n) is 4.98. The second-order valence-electron chi connectivity index (χ2n) is 3.53. The maximum absolute atomic E-state index is 12.4. The lowest BCUT2D eigenvalue weighted by atomic mass is 10.0. The summed E-state index contributed by atoms with van der Waals surface area (Å²) in [6, 6.07) is 4.08. The molecule has 0 spiro atoms. The van der Waals surface area contributed by atoms with Crippen LogP contribution in [0.2, 0.25) is 0 Å². The van der Waals surface area contributed by atoms with Crippen molar-refractivity contribution >= 4 is 0 Å². The van der Waals surface area contributed by atoms with Crippen molar-refractivity contribution in [1.82, 2.24) is 0 Å². The molecule has 0 fully saturated rings. The Bertz CT molecular complexity index is 362. The lowest BCUT2D eigenvalue weighted by Crippen LogP contribution is -2.06. The van der Waals surface area contributed by atoms with E-state index in [0.717, 1.165) is 12.1 Å². The van der Waals surface area contributed by atoms with E-state index in [0.29, 0.717) is 18.4 Å². The van der Waals surface area contributed by atoms with E-state index in [9.17, 15) is 18.1 Å². The molecule has 0 bridgehead atoms. The summed E-state index contributed by atoms with van der Waals surface area (Å²) >= 11 is 0. The smallest absolute Gasteiger partial charge is 0.166 e. The van der Waals surface area contributed by atoms with Gasteiger partial charge in [-0.1, -0.05) is 30.7 Å². The molecule has 88 valence electrons. The van der Waals surface area contributed by atoms with Crippen LogP contribution in [-0.2, 0) is 6.18 Å². The van der Waals surface area contributed by atoms with Gasteiger partial charge in [0.15, 0.2) is 0 Å². The summed E-state index contributed by atoms with van der Waals surface area (Å²) < 4.78 is 37.2. The Hall–Kier alpha value is -1.39. The van der Waals surface area contributed by atoms with Gasteiger partial charge < -0.3 is 0 Å². The fraction of sp³-hybridized carbons (Fsp3) is 0.455. The molecule has 1 rings (SSSR count). The maximum Gasteiger partial charge on any atom is 0.416 e. The zero-order chi connectivity index (χ0) is 12.2. The van der Waals surface area contributed by atoms with Gasteiger partial charge in [-0.15, -0.1) is 0 Å². The van der Waals surface area contributed by atoms with Gasteiger partial charge in [-0.3, -0.25) is 0 Å². The first-order valence-corrected chi connectivity index (χ1v) is 4.98. The molecular formula is C11H12F3NO. The summed E-state index contributed by atoms with van der Waals surface area (Å²) in [5.74, 6) is 0. The van der Waals surface area contributed by atoms with Crippen molar-refractivity contribution in [3.05, 3.63) is 40.3 Å². The van der Waals surface area contributed by atoms with Crippen molar-refractivity contribution in [3.8, 4) is 0 Å². The van der Waals surface area contributed by atoms with Crippen LogP contribution in [0.3, 0.4) is 0 Å². The highest BCUT2D eigenvalue weighted by Crippen LogP contribution is 2.32. The van der Waals surface area contributed by atoms with Crippen molar-refractivity contribution in [2.75, 3.05) is 0 Å². The topological polar surface area (TPSA) is 29.4 Å². The first kappa shape index (κ1) is 12.7. The van der Waals surface area contributed by atoms with Gasteiger partial charge in [-0.05, 0) is 24.1 Å². The van der Waals surface area contributed by atoms with Crippen LogP contribution >= 0.6 is 0 Å². The molecule has 0 aliphatic rings. The minimum Gasteiger partial charge on any atom is -0.166 e. The standard InChI is InChI=1S/C11H12F3NO/c1-2-4-10(15-16)8-5-3-6-9(7-8)11(12,13)14/h3,5-7,10H,2,4H2,1H3/t10-/m1/s1. The number of nitrogens with zero attached hydrogens (tertiary/aromatic N) is 1. The molecule has 0 N–H and O–H groups in total. The monoisotopic (exact) mass is 231 g/mol. The van der Waals surface area contributed by atoms with Crippen molar-refractivity contribution < 1.29 is 13.2 Å². The Morgan fingerprint density at radius 3 is 2.56 bits per heavy atom. The number of hydrogen-bond donors (Lipinski definition) is 0. The Kier molecular flexibility index (Phi) is 4.04. The lowest BCUT2D eigenvalue weighted by Gasteiger charge is -2.11. The van der Waals surface area contributed by atoms with E-state index in [1.807, 2.05) is 6.92 Å². The van der Waals surface area contributed by atoms with Gasteiger partial charge in [0.05, 0.1) is 5.56 Å². The predicted molar refractivity (Wildman–Crippen MR) is 54.9 cm³/mol. The zero-order valence-corrected chi connectivity index (χ0v) is 8.79. The maximum atomic E-state index is 12.4. The van der Waals surface area contributed by atoms with E-state index in [1.165, 1.54) is 12.1 Å². The molecule has 16 heavy (non-hydrogen) atoms. The third kappa shape index (κ3) is 3.05. The molecule has 1 atom stereocenters. The van der Waals surface area contributed by atoms with Crippen molar-refractivity contribution in [2.24, 2.45) is 5.18 Å². The van der Waals surface area contributed by atoms with E-state index in [-0.39, 0.29) is 0 Å². The van der Waals surface area contributed by atoms with Crippen LogP contribution in [0.1, 0.15) is 36.9 Å². The van der Waals surface area contributed by atoms with Gasteiger partial charge in [0.2, 0.25) is 0 Å². The minimum atomic E-state index is -4.38. The Morgan fingerprint density at radius 1 is 1.38 bits per heavy atom. The molecule has 0 aromatic heterocycles. The summed E-state index contributed by atoms with van der Waals surface area (Å²) in [5.41, 5.74) is -0.415. The number of rotatable bonds is 4. The van der Waals surface area contributed by atoms with Crippen LogP contribution in [0.4, 0.5) is 13.2 Å². The summed E-state index contributed by atoms with van der Waals surface area (Å²) in [5, 5.41) is 2.85. The molecule has 1 aromatic carbocycles. The molecule has 0 aliphatic heterocycles. The highest BCUT2D eigenvalue weighted by molar-refractivity contribution is 5.28. The first-order chi connectivity index (χ1) is 7.49. The third-order valence-electron chi connectivity index (χ3n) is 2.29. The fourth-order valence-corrected chi connectivity index (χ4v) is 1.48. The molecule has 5 heteroatoms. The predicted octanol–water partition coefficient (Wildman–Crippen LogP) is 4.31. The molecule has 0 radical (unpaired) electrons. The van der Waals surface area contributed by atoms with Gasteiger partial charge >= 0.3 is 6.18 Å². The van der Waals surface area contributed by atoms with Crippen LogP contribution in [0.15, 0.2) is 29.4 Å². The summed E-state index contributed by atoms with van der Waals surface area (Å²) in [6.45, 7) is 1.85. The molecule has 0 amide bonds. The lowest BCUT2D eigenvalue weighted by molar-refractivity contribution is -0.137. The summed E-state index contributed by atoms with van der Waals surface area (Å²) in [4.78, 5) is 10.5. The number of benzene rings is 1. The van der Waals surface area contributed by atoms with E-state index in [4.69, 9.17) is 0 Å². The summed E-state index contributed by atoms with van der Waals surface area (Å²) in [7, 11) is 0. The quantitative estimate of drug-likeness (QED) is 0.710. The largest absolute Gasteiger partial charge is 0.416 e. The Morgan fingerprint density at radius 2 is 2.06 bits per heavy atom. The molecule has 0 aliphatic carbocycles. The van der Waals surface area contributed by atoms with Crippen LogP contribution in [-0.4, -0.2) is 0 Å². The molecule has 0 saturated heterocycles. The van der Waals surface area contributed by atoms with Crippen molar-refractivity contribution in [1.29, 1.82) is 0 Å². The highest BCUT2D eigenvalue weighted by atomic mass is 19.4. The molecule has 2 nitrogen and oxygen atoms in total. The van der Waals surface area contributed by atoms with Gasteiger partial charge in [0, 0.05) is 0 Å². The second kappa shape index (κ2) is 5.09. The Labute approximate surface area is 91.4 Å². The number of alkyl halides is 3. The molecule has 1 aromatic rings. The molecular weight excluding hydrogens is 219 g/mol. The highest BCUT2D eigenvalue weighted by Gasteiger charge is 2.30. The zero-order valence-electron chi connectivity index (χ0n) is 8.79. The second-order valence-corrected chi connectivity index (χ2v) is 3.53. The van der Waals surface area contributed by atoms with Crippen LogP contribution in [0.5, 0.6) is 0 Å². The van der Waals surface area contributed by atoms with Gasteiger partial charge in [-0.2, -0.15) is 18.1 Å². The average molecular weight is 231 g/mol. The SMILES string of the molecule is CCC[C@@H](N=O)c1cccc(C(F)(F)F)c1. The van der Waals surface area contributed by atoms with E-state index >= 15 is 0 Å².